The van der Waals surface area contributed by atoms with Gasteiger partial charge >= 0.3 is 5.69 Å². The van der Waals surface area contributed by atoms with E-state index in [-0.39, 0.29) is 30.5 Å². The standard InChI is InChI=1S/C27H34N4O4/c1-19(2)15-16-28-24(32)10-6-7-17-30-26(34)22-8-4-5-9-23(22)31(27(30)35)18-25(33)29-21-13-11-20(3)12-14-21/h4-5,8-9,11-14,19H,6-7,10,15-18H2,1-3H3,(H,28,32)(H,29,33). The first-order valence-corrected chi connectivity index (χ1v) is 12.1. The van der Waals surface area contributed by atoms with Gasteiger partial charge in [-0.05, 0) is 56.4 Å². The van der Waals surface area contributed by atoms with E-state index in [1.807, 2.05) is 19.1 Å². The van der Waals surface area contributed by atoms with Gasteiger partial charge < -0.3 is 10.6 Å². The minimum atomic E-state index is -0.533. The van der Waals surface area contributed by atoms with E-state index in [0.29, 0.717) is 48.3 Å². The Morgan fingerprint density at radius 3 is 2.34 bits per heavy atom. The summed E-state index contributed by atoms with van der Waals surface area (Å²) in [4.78, 5) is 51.0. The molecule has 1 aromatic heterocycles. The third kappa shape index (κ3) is 7.15. The molecule has 0 aliphatic rings. The quantitative estimate of drug-likeness (QED) is 0.412. The summed E-state index contributed by atoms with van der Waals surface area (Å²) in [7, 11) is 0. The fraction of sp³-hybridized carbons (Fsp3) is 0.407. The molecular weight excluding hydrogens is 444 g/mol. The maximum absolute atomic E-state index is 13.2. The van der Waals surface area contributed by atoms with Gasteiger partial charge in [-0.15, -0.1) is 0 Å². The summed E-state index contributed by atoms with van der Waals surface area (Å²) in [5, 5.41) is 6.07. The van der Waals surface area contributed by atoms with Crippen molar-refractivity contribution in [1.29, 1.82) is 0 Å². The van der Waals surface area contributed by atoms with E-state index in [1.54, 1.807) is 36.4 Å². The first-order chi connectivity index (χ1) is 16.8. The molecular formula is C27H34N4O4. The number of aromatic nitrogens is 2. The molecule has 3 rings (SSSR count). The van der Waals surface area contributed by atoms with Crippen molar-refractivity contribution in [3.05, 3.63) is 74.9 Å². The molecule has 186 valence electrons. The summed E-state index contributed by atoms with van der Waals surface area (Å²) in [6.45, 7) is 6.78. The summed E-state index contributed by atoms with van der Waals surface area (Å²) < 4.78 is 2.50. The lowest BCUT2D eigenvalue weighted by atomic mass is 10.1. The number of nitrogens with one attached hydrogen (secondary N) is 2. The van der Waals surface area contributed by atoms with Gasteiger partial charge in [0.2, 0.25) is 11.8 Å². The zero-order valence-electron chi connectivity index (χ0n) is 20.7. The van der Waals surface area contributed by atoms with Crippen molar-refractivity contribution in [3.63, 3.8) is 0 Å². The maximum Gasteiger partial charge on any atom is 0.331 e. The predicted octanol–water partition coefficient (Wildman–Crippen LogP) is 3.44. The maximum atomic E-state index is 13.2. The number of aryl methyl sites for hydroxylation is 1. The van der Waals surface area contributed by atoms with Crippen LogP contribution in [0.15, 0.2) is 58.1 Å². The van der Waals surface area contributed by atoms with Crippen molar-refractivity contribution in [2.45, 2.75) is 59.5 Å². The highest BCUT2D eigenvalue weighted by atomic mass is 16.2. The smallest absolute Gasteiger partial charge is 0.331 e. The molecule has 2 amide bonds. The van der Waals surface area contributed by atoms with E-state index in [0.717, 1.165) is 16.6 Å². The largest absolute Gasteiger partial charge is 0.356 e. The Balaban J connectivity index is 1.72. The average Bonchev–Trinajstić information content (AvgIpc) is 2.82. The lowest BCUT2D eigenvalue weighted by Crippen LogP contribution is -2.41. The summed E-state index contributed by atoms with van der Waals surface area (Å²) in [5.41, 5.74) is 1.21. The Morgan fingerprint density at radius 2 is 1.63 bits per heavy atom. The fourth-order valence-electron chi connectivity index (χ4n) is 3.85. The second kappa shape index (κ2) is 12.1. The Kier molecular flexibility index (Phi) is 9.00. The van der Waals surface area contributed by atoms with Crippen LogP contribution >= 0.6 is 0 Å². The van der Waals surface area contributed by atoms with Crippen molar-refractivity contribution in [1.82, 2.24) is 14.5 Å². The number of hydrogen-bond acceptors (Lipinski definition) is 4. The highest BCUT2D eigenvalue weighted by Crippen LogP contribution is 2.11. The number of unbranched alkanes of at least 4 members (excludes halogenated alkanes) is 1. The SMILES string of the molecule is Cc1ccc(NC(=O)Cn2c(=O)n(CCCCC(=O)NCCC(C)C)c(=O)c3ccccc32)cc1. The second-order valence-electron chi connectivity index (χ2n) is 9.25. The van der Waals surface area contributed by atoms with Crippen LogP contribution in [-0.4, -0.2) is 27.5 Å². The molecule has 35 heavy (non-hydrogen) atoms. The van der Waals surface area contributed by atoms with Gasteiger partial charge in [0.1, 0.15) is 6.54 Å². The number of hydrogen-bond donors (Lipinski definition) is 2. The molecule has 8 heteroatoms. The average molecular weight is 479 g/mol. The molecule has 2 N–H and O–H groups in total. The zero-order valence-corrected chi connectivity index (χ0v) is 20.7. The summed E-state index contributed by atoms with van der Waals surface area (Å²) >= 11 is 0. The van der Waals surface area contributed by atoms with Gasteiger partial charge in [-0.3, -0.25) is 23.5 Å². The number of anilines is 1. The van der Waals surface area contributed by atoms with Gasteiger partial charge in [-0.25, -0.2) is 4.79 Å². The molecule has 8 nitrogen and oxygen atoms in total. The molecule has 0 radical (unpaired) electrons. The van der Waals surface area contributed by atoms with Crippen LogP contribution in [-0.2, 0) is 22.7 Å². The molecule has 0 aliphatic heterocycles. The van der Waals surface area contributed by atoms with Crippen molar-refractivity contribution in [2.24, 2.45) is 5.92 Å². The molecule has 0 spiro atoms. The molecule has 0 saturated carbocycles. The summed E-state index contributed by atoms with van der Waals surface area (Å²) in [6, 6.07) is 14.2. The predicted molar refractivity (Wildman–Crippen MR) is 139 cm³/mol. The molecule has 0 aliphatic carbocycles. The van der Waals surface area contributed by atoms with Crippen LogP contribution in [0.4, 0.5) is 5.69 Å². The Hall–Kier alpha value is -3.68. The molecule has 2 aromatic carbocycles. The van der Waals surface area contributed by atoms with E-state index in [2.05, 4.69) is 24.5 Å². The molecule has 0 unspecified atom stereocenters. The number of para-hydroxylation sites is 1. The molecule has 0 atom stereocenters. The number of carbonyl (C=O) groups is 2. The van der Waals surface area contributed by atoms with Crippen molar-refractivity contribution in [2.75, 3.05) is 11.9 Å². The van der Waals surface area contributed by atoms with E-state index >= 15 is 0 Å². The molecule has 0 saturated heterocycles. The Labute approximate surface area is 205 Å². The number of amides is 2. The highest BCUT2D eigenvalue weighted by Gasteiger charge is 2.15. The third-order valence-corrected chi connectivity index (χ3v) is 5.85. The lowest BCUT2D eigenvalue weighted by Gasteiger charge is -2.14. The van der Waals surface area contributed by atoms with Crippen LogP contribution in [0.5, 0.6) is 0 Å². The van der Waals surface area contributed by atoms with Crippen molar-refractivity contribution < 1.29 is 9.59 Å². The first-order valence-electron chi connectivity index (χ1n) is 12.1. The number of fused-ring (bicyclic) bond motifs is 1. The van der Waals surface area contributed by atoms with Gasteiger partial charge in [0.25, 0.3) is 5.56 Å². The zero-order chi connectivity index (χ0) is 25.4. The van der Waals surface area contributed by atoms with Gasteiger partial charge in [-0.1, -0.05) is 43.7 Å². The van der Waals surface area contributed by atoms with Crippen LogP contribution in [0, 0.1) is 12.8 Å². The van der Waals surface area contributed by atoms with E-state index in [4.69, 9.17) is 0 Å². The monoisotopic (exact) mass is 478 g/mol. The minimum Gasteiger partial charge on any atom is -0.356 e. The normalized spacial score (nSPS) is 11.1. The first kappa shape index (κ1) is 25.9. The number of nitrogens with zero attached hydrogens (tertiary/aromatic N) is 2. The van der Waals surface area contributed by atoms with E-state index < -0.39 is 5.69 Å². The van der Waals surface area contributed by atoms with Crippen LogP contribution in [0.3, 0.4) is 0 Å². The van der Waals surface area contributed by atoms with Crippen molar-refractivity contribution >= 4 is 28.4 Å². The molecule has 3 aromatic rings. The number of rotatable bonds is 11. The summed E-state index contributed by atoms with van der Waals surface area (Å²) in [5.74, 6) is 0.141. The number of carbonyl (C=O) groups excluding carboxylic acids is 2. The van der Waals surface area contributed by atoms with Crippen LogP contribution < -0.4 is 21.9 Å². The molecule has 0 bridgehead atoms. The highest BCUT2D eigenvalue weighted by molar-refractivity contribution is 5.91. The molecule has 0 fully saturated rings. The Morgan fingerprint density at radius 1 is 0.914 bits per heavy atom. The lowest BCUT2D eigenvalue weighted by molar-refractivity contribution is -0.121. The third-order valence-electron chi connectivity index (χ3n) is 5.85. The fourth-order valence-corrected chi connectivity index (χ4v) is 3.85. The summed E-state index contributed by atoms with van der Waals surface area (Å²) in [6.07, 6.45) is 2.32. The topological polar surface area (TPSA) is 102 Å². The van der Waals surface area contributed by atoms with Crippen LogP contribution in [0.1, 0.15) is 45.1 Å². The van der Waals surface area contributed by atoms with Crippen LogP contribution in [0.25, 0.3) is 10.9 Å². The Bertz CT molecular complexity index is 1290. The minimum absolute atomic E-state index is 0.0262. The van der Waals surface area contributed by atoms with E-state index in [1.165, 1.54) is 4.57 Å². The number of benzene rings is 2. The molecule has 1 heterocycles. The second-order valence-corrected chi connectivity index (χ2v) is 9.25. The van der Waals surface area contributed by atoms with Crippen LogP contribution in [0.2, 0.25) is 0 Å². The van der Waals surface area contributed by atoms with Gasteiger partial charge in [-0.2, -0.15) is 0 Å². The van der Waals surface area contributed by atoms with Gasteiger partial charge in [0, 0.05) is 25.2 Å². The van der Waals surface area contributed by atoms with Crippen molar-refractivity contribution in [3.8, 4) is 0 Å². The van der Waals surface area contributed by atoms with Gasteiger partial charge in [0.15, 0.2) is 0 Å². The van der Waals surface area contributed by atoms with Gasteiger partial charge in [0.05, 0.1) is 10.9 Å². The van der Waals surface area contributed by atoms with E-state index in [9.17, 15) is 19.2 Å².